The first-order chi connectivity index (χ1) is 10.8. The summed E-state index contributed by atoms with van der Waals surface area (Å²) in [6.07, 6.45) is -2.07. The lowest BCUT2D eigenvalue weighted by atomic mass is 10.1. The normalized spacial score (nSPS) is 12.9. The number of aromatic nitrogens is 3. The first-order valence-electron chi connectivity index (χ1n) is 6.81. The molecule has 0 aliphatic rings. The SMILES string of the molecule is CCOC(=O)CC(N)c1ccn(-c2ccnc(C(F)(F)F)c2)n1. The van der Waals surface area contributed by atoms with E-state index in [1.165, 1.54) is 23.0 Å². The summed E-state index contributed by atoms with van der Waals surface area (Å²) in [6, 6.07) is 3.12. The van der Waals surface area contributed by atoms with E-state index in [1.807, 2.05) is 0 Å². The van der Waals surface area contributed by atoms with Crippen LogP contribution in [0.3, 0.4) is 0 Å². The van der Waals surface area contributed by atoms with Crippen molar-refractivity contribution in [3.8, 4) is 5.69 Å². The van der Waals surface area contributed by atoms with Crippen molar-refractivity contribution in [2.24, 2.45) is 5.73 Å². The Kier molecular flexibility index (Phi) is 4.99. The van der Waals surface area contributed by atoms with Gasteiger partial charge in [-0.15, -0.1) is 0 Å². The maximum atomic E-state index is 12.7. The fourth-order valence-electron chi connectivity index (χ4n) is 1.90. The topological polar surface area (TPSA) is 83.0 Å². The van der Waals surface area contributed by atoms with Gasteiger partial charge in [-0.1, -0.05) is 0 Å². The molecule has 2 rings (SSSR count). The highest BCUT2D eigenvalue weighted by Crippen LogP contribution is 2.28. The molecular formula is C14H15F3N4O2. The van der Waals surface area contributed by atoms with Gasteiger partial charge in [0, 0.05) is 12.4 Å². The van der Waals surface area contributed by atoms with Crippen LogP contribution in [0.4, 0.5) is 13.2 Å². The minimum atomic E-state index is -4.54. The standard InChI is InChI=1S/C14H15F3N4O2/c1-2-23-13(22)8-10(18)11-4-6-21(20-11)9-3-5-19-12(7-9)14(15,16)17/h3-7,10H,2,8,18H2,1H3. The van der Waals surface area contributed by atoms with E-state index in [0.717, 1.165) is 12.3 Å². The van der Waals surface area contributed by atoms with Gasteiger partial charge in [-0.2, -0.15) is 18.3 Å². The molecule has 0 bridgehead atoms. The van der Waals surface area contributed by atoms with Crippen LogP contribution >= 0.6 is 0 Å². The molecule has 9 heteroatoms. The van der Waals surface area contributed by atoms with E-state index in [1.54, 1.807) is 6.92 Å². The fraction of sp³-hybridized carbons (Fsp3) is 0.357. The molecule has 0 aromatic carbocycles. The molecular weight excluding hydrogens is 313 g/mol. The number of hydrogen-bond donors (Lipinski definition) is 1. The zero-order chi connectivity index (χ0) is 17.0. The average molecular weight is 328 g/mol. The summed E-state index contributed by atoms with van der Waals surface area (Å²) in [6.45, 7) is 1.93. The largest absolute Gasteiger partial charge is 0.466 e. The van der Waals surface area contributed by atoms with Crippen molar-refractivity contribution in [3.05, 3.63) is 42.0 Å². The van der Waals surface area contributed by atoms with E-state index in [4.69, 9.17) is 10.5 Å². The molecule has 0 aliphatic heterocycles. The van der Waals surface area contributed by atoms with E-state index in [-0.39, 0.29) is 18.7 Å². The van der Waals surface area contributed by atoms with E-state index in [0.29, 0.717) is 5.69 Å². The lowest BCUT2D eigenvalue weighted by Gasteiger charge is -2.09. The Morgan fingerprint density at radius 1 is 1.43 bits per heavy atom. The number of ether oxygens (including phenoxy) is 1. The number of halogens is 3. The first kappa shape index (κ1) is 16.9. The summed E-state index contributed by atoms with van der Waals surface area (Å²) in [4.78, 5) is 14.7. The second-order valence-electron chi connectivity index (χ2n) is 4.70. The van der Waals surface area contributed by atoms with Crippen molar-refractivity contribution in [1.82, 2.24) is 14.8 Å². The zero-order valence-electron chi connectivity index (χ0n) is 12.2. The van der Waals surface area contributed by atoms with Crippen LogP contribution in [0.25, 0.3) is 5.69 Å². The second kappa shape index (κ2) is 6.78. The highest BCUT2D eigenvalue weighted by molar-refractivity contribution is 5.70. The molecule has 1 unspecified atom stereocenters. The summed E-state index contributed by atoms with van der Waals surface area (Å²) < 4.78 is 44.0. The van der Waals surface area contributed by atoms with Gasteiger partial charge in [0.15, 0.2) is 0 Å². The van der Waals surface area contributed by atoms with E-state index in [9.17, 15) is 18.0 Å². The molecule has 124 valence electrons. The van der Waals surface area contributed by atoms with Gasteiger partial charge >= 0.3 is 12.1 Å². The third-order valence-corrected chi connectivity index (χ3v) is 2.98. The highest BCUT2D eigenvalue weighted by atomic mass is 19.4. The van der Waals surface area contributed by atoms with Crippen LogP contribution in [-0.4, -0.2) is 27.3 Å². The first-order valence-corrected chi connectivity index (χ1v) is 6.81. The minimum Gasteiger partial charge on any atom is -0.466 e. The fourth-order valence-corrected chi connectivity index (χ4v) is 1.90. The molecule has 23 heavy (non-hydrogen) atoms. The Balaban J connectivity index is 2.17. The third-order valence-electron chi connectivity index (χ3n) is 2.98. The predicted molar refractivity (Wildman–Crippen MR) is 74.5 cm³/mol. The molecule has 0 radical (unpaired) electrons. The van der Waals surface area contributed by atoms with Gasteiger partial charge in [0.2, 0.25) is 0 Å². The van der Waals surface area contributed by atoms with Gasteiger partial charge in [0.1, 0.15) is 5.69 Å². The lowest BCUT2D eigenvalue weighted by molar-refractivity contribution is -0.143. The predicted octanol–water partition coefficient (Wildman–Crippen LogP) is 2.24. The lowest BCUT2D eigenvalue weighted by Crippen LogP contribution is -2.18. The summed E-state index contributed by atoms with van der Waals surface area (Å²) in [5, 5.41) is 4.11. The number of carbonyl (C=O) groups excluding carboxylic acids is 1. The number of alkyl halides is 3. The van der Waals surface area contributed by atoms with Gasteiger partial charge in [-0.05, 0) is 25.1 Å². The Hall–Kier alpha value is -2.42. The van der Waals surface area contributed by atoms with Crippen molar-refractivity contribution >= 4 is 5.97 Å². The molecule has 6 nitrogen and oxygen atoms in total. The van der Waals surface area contributed by atoms with Crippen molar-refractivity contribution in [2.45, 2.75) is 25.6 Å². The summed E-state index contributed by atoms with van der Waals surface area (Å²) >= 11 is 0. The van der Waals surface area contributed by atoms with Crippen molar-refractivity contribution in [1.29, 1.82) is 0 Å². The number of carbonyl (C=O) groups is 1. The smallest absolute Gasteiger partial charge is 0.433 e. The number of pyridine rings is 1. The Bertz CT molecular complexity index is 685. The molecule has 0 saturated heterocycles. The van der Waals surface area contributed by atoms with Crippen molar-refractivity contribution in [3.63, 3.8) is 0 Å². The van der Waals surface area contributed by atoms with Crippen molar-refractivity contribution < 1.29 is 22.7 Å². The van der Waals surface area contributed by atoms with Gasteiger partial charge in [0.05, 0.1) is 30.5 Å². The zero-order valence-corrected chi connectivity index (χ0v) is 12.2. The Morgan fingerprint density at radius 3 is 2.83 bits per heavy atom. The molecule has 2 heterocycles. The minimum absolute atomic E-state index is 0.0605. The second-order valence-corrected chi connectivity index (χ2v) is 4.70. The Labute approximate surface area is 130 Å². The maximum absolute atomic E-state index is 12.7. The van der Waals surface area contributed by atoms with Gasteiger partial charge in [-0.25, -0.2) is 4.68 Å². The third kappa shape index (κ3) is 4.28. The quantitative estimate of drug-likeness (QED) is 0.851. The molecule has 1 atom stereocenters. The summed E-state index contributed by atoms with van der Waals surface area (Å²) in [7, 11) is 0. The van der Waals surface area contributed by atoms with Crippen LogP contribution in [0.1, 0.15) is 30.8 Å². The van der Waals surface area contributed by atoms with E-state index in [2.05, 4.69) is 10.1 Å². The molecule has 0 fully saturated rings. The molecule has 0 spiro atoms. The molecule has 2 aromatic heterocycles. The Morgan fingerprint density at radius 2 is 2.17 bits per heavy atom. The average Bonchev–Trinajstić information content (AvgIpc) is 2.96. The number of nitrogens with zero attached hydrogens (tertiary/aromatic N) is 3. The van der Waals surface area contributed by atoms with E-state index >= 15 is 0 Å². The van der Waals surface area contributed by atoms with Crippen molar-refractivity contribution in [2.75, 3.05) is 6.61 Å². The molecule has 0 amide bonds. The summed E-state index contributed by atoms with van der Waals surface area (Å²) in [5.74, 6) is -0.460. The van der Waals surface area contributed by atoms with Gasteiger partial charge in [0.25, 0.3) is 0 Å². The molecule has 2 N–H and O–H groups in total. The van der Waals surface area contributed by atoms with Crippen LogP contribution in [0.2, 0.25) is 0 Å². The van der Waals surface area contributed by atoms with Crippen LogP contribution in [0, 0.1) is 0 Å². The number of nitrogens with two attached hydrogens (primary N) is 1. The molecule has 0 saturated carbocycles. The number of hydrogen-bond acceptors (Lipinski definition) is 5. The number of esters is 1. The van der Waals surface area contributed by atoms with Gasteiger partial charge in [-0.3, -0.25) is 9.78 Å². The maximum Gasteiger partial charge on any atom is 0.433 e. The molecule has 2 aromatic rings. The highest BCUT2D eigenvalue weighted by Gasteiger charge is 2.32. The van der Waals surface area contributed by atoms with E-state index < -0.39 is 23.9 Å². The van der Waals surface area contributed by atoms with Crippen LogP contribution in [0.15, 0.2) is 30.6 Å². The van der Waals surface area contributed by atoms with Crippen LogP contribution in [0.5, 0.6) is 0 Å². The monoisotopic (exact) mass is 328 g/mol. The molecule has 0 aliphatic carbocycles. The number of rotatable bonds is 5. The van der Waals surface area contributed by atoms with Crippen LogP contribution < -0.4 is 5.73 Å². The summed E-state index contributed by atoms with van der Waals surface area (Å²) in [5.41, 5.74) is 5.41. The van der Waals surface area contributed by atoms with Crippen LogP contribution in [-0.2, 0) is 15.7 Å². The van der Waals surface area contributed by atoms with Gasteiger partial charge < -0.3 is 10.5 Å².